The van der Waals surface area contributed by atoms with E-state index < -0.39 is 0 Å². The topological polar surface area (TPSA) is 64.5 Å². The largest absolute Gasteiger partial charge is 0.492 e. The molecule has 0 spiro atoms. The maximum Gasteiger partial charge on any atom is 0.120 e. The van der Waals surface area contributed by atoms with Gasteiger partial charge in [-0.2, -0.15) is 0 Å². The lowest BCUT2D eigenvalue weighted by Gasteiger charge is -2.21. The van der Waals surface area contributed by atoms with E-state index in [0.29, 0.717) is 6.61 Å². The Morgan fingerprint density at radius 1 is 1.05 bits per heavy atom. The molecule has 0 fully saturated rings. The van der Waals surface area contributed by atoms with E-state index in [2.05, 4.69) is 36.1 Å². The zero-order valence-corrected chi connectivity index (χ0v) is 14.2. The number of hydrogen-bond acceptors (Lipinski definition) is 5. The molecule has 0 saturated carbocycles. The molecule has 4 nitrogen and oxygen atoms in total. The number of aryl methyl sites for hydroxylation is 1. The molecule has 5 heteroatoms. The summed E-state index contributed by atoms with van der Waals surface area (Å²) in [4.78, 5) is 3.72. The molecule has 4 N–H and O–H groups in total. The number of rotatable bonds is 10. The van der Waals surface area contributed by atoms with Crippen molar-refractivity contribution >= 4 is 21.4 Å². The van der Waals surface area contributed by atoms with Crippen molar-refractivity contribution in [2.75, 3.05) is 39.3 Å². The van der Waals surface area contributed by atoms with Gasteiger partial charge in [-0.15, -0.1) is 11.3 Å². The lowest BCUT2D eigenvalue weighted by Crippen LogP contribution is -2.32. The molecule has 22 heavy (non-hydrogen) atoms. The Bertz CT molecular complexity index is 562. The van der Waals surface area contributed by atoms with Gasteiger partial charge in [0.15, 0.2) is 0 Å². The number of thiophene rings is 1. The molecule has 1 aromatic carbocycles. The summed E-state index contributed by atoms with van der Waals surface area (Å²) in [5.41, 5.74) is 11.2. The van der Waals surface area contributed by atoms with Gasteiger partial charge in [0.05, 0.1) is 0 Å². The van der Waals surface area contributed by atoms with E-state index in [9.17, 15) is 0 Å². The molecule has 0 atom stereocenters. The van der Waals surface area contributed by atoms with E-state index in [4.69, 9.17) is 16.2 Å². The first-order valence-corrected chi connectivity index (χ1v) is 8.80. The standard InChI is InChI=1S/C17H27N3OS/c1-14-12-15-13-16(4-5-17(15)22-14)21-11-10-20(8-2-6-18)9-3-7-19/h4-5,12-13H,2-3,6-11,18-19H2,1H3. The fourth-order valence-electron chi connectivity index (χ4n) is 2.50. The van der Waals surface area contributed by atoms with Crippen molar-refractivity contribution < 1.29 is 4.74 Å². The normalized spacial score (nSPS) is 11.5. The molecular weight excluding hydrogens is 294 g/mol. The summed E-state index contributed by atoms with van der Waals surface area (Å²) in [5, 5.41) is 1.27. The maximum absolute atomic E-state index is 5.91. The van der Waals surface area contributed by atoms with Crippen LogP contribution < -0.4 is 16.2 Å². The molecule has 2 rings (SSSR count). The van der Waals surface area contributed by atoms with Crippen LogP contribution in [-0.2, 0) is 0 Å². The van der Waals surface area contributed by atoms with Gasteiger partial charge in [0.25, 0.3) is 0 Å². The molecule has 2 aromatic rings. The monoisotopic (exact) mass is 321 g/mol. The summed E-state index contributed by atoms with van der Waals surface area (Å²) in [6.45, 7) is 7.25. The Kier molecular flexibility index (Phi) is 7.12. The first-order chi connectivity index (χ1) is 10.7. The third-order valence-corrected chi connectivity index (χ3v) is 4.68. The van der Waals surface area contributed by atoms with Crippen molar-refractivity contribution in [3.05, 3.63) is 29.1 Å². The molecule has 0 aliphatic heterocycles. The van der Waals surface area contributed by atoms with Gasteiger partial charge >= 0.3 is 0 Å². The Morgan fingerprint density at radius 3 is 2.45 bits per heavy atom. The highest BCUT2D eigenvalue weighted by molar-refractivity contribution is 7.19. The molecule has 0 radical (unpaired) electrons. The highest BCUT2D eigenvalue weighted by atomic mass is 32.1. The maximum atomic E-state index is 5.91. The molecule has 0 bridgehead atoms. The van der Waals surface area contributed by atoms with E-state index in [1.165, 1.54) is 15.0 Å². The second-order valence-electron chi connectivity index (χ2n) is 5.53. The third-order valence-electron chi connectivity index (χ3n) is 3.64. The minimum atomic E-state index is 0.698. The van der Waals surface area contributed by atoms with E-state index in [0.717, 1.165) is 51.3 Å². The van der Waals surface area contributed by atoms with E-state index in [1.54, 1.807) is 0 Å². The first kappa shape index (κ1) is 17.2. The number of hydrogen-bond donors (Lipinski definition) is 2. The fourth-order valence-corrected chi connectivity index (χ4v) is 3.41. The number of nitrogens with zero attached hydrogens (tertiary/aromatic N) is 1. The molecule has 0 aliphatic rings. The van der Waals surface area contributed by atoms with Crippen LogP contribution in [0, 0.1) is 6.92 Å². The van der Waals surface area contributed by atoms with Gasteiger partial charge < -0.3 is 16.2 Å². The van der Waals surface area contributed by atoms with E-state index in [-0.39, 0.29) is 0 Å². The lowest BCUT2D eigenvalue weighted by molar-refractivity contribution is 0.207. The molecule has 0 aliphatic carbocycles. The molecule has 0 amide bonds. The highest BCUT2D eigenvalue weighted by Crippen LogP contribution is 2.28. The average molecular weight is 321 g/mol. The first-order valence-electron chi connectivity index (χ1n) is 7.98. The van der Waals surface area contributed by atoms with Crippen LogP contribution in [0.15, 0.2) is 24.3 Å². The highest BCUT2D eigenvalue weighted by Gasteiger charge is 2.05. The Hall–Kier alpha value is -1.14. The Morgan fingerprint density at radius 2 is 1.77 bits per heavy atom. The van der Waals surface area contributed by atoms with Crippen molar-refractivity contribution in [2.24, 2.45) is 11.5 Å². The lowest BCUT2D eigenvalue weighted by atomic mass is 10.2. The fraction of sp³-hybridized carbons (Fsp3) is 0.529. The zero-order valence-electron chi connectivity index (χ0n) is 13.4. The van der Waals surface area contributed by atoms with Gasteiger partial charge in [-0.3, -0.25) is 4.90 Å². The second kappa shape index (κ2) is 9.10. The van der Waals surface area contributed by atoms with Crippen LogP contribution in [0.1, 0.15) is 17.7 Å². The van der Waals surface area contributed by atoms with Gasteiger partial charge in [-0.1, -0.05) is 0 Å². The third kappa shape index (κ3) is 5.25. The van der Waals surface area contributed by atoms with Crippen molar-refractivity contribution in [3.8, 4) is 5.75 Å². The van der Waals surface area contributed by atoms with Gasteiger partial charge in [-0.05, 0) is 75.6 Å². The van der Waals surface area contributed by atoms with Gasteiger partial charge in [0.1, 0.15) is 12.4 Å². The average Bonchev–Trinajstić information content (AvgIpc) is 2.88. The van der Waals surface area contributed by atoms with Crippen molar-refractivity contribution in [3.63, 3.8) is 0 Å². The van der Waals surface area contributed by atoms with Gasteiger partial charge in [-0.25, -0.2) is 0 Å². The van der Waals surface area contributed by atoms with Crippen molar-refractivity contribution in [1.82, 2.24) is 4.90 Å². The summed E-state index contributed by atoms with van der Waals surface area (Å²) in [7, 11) is 0. The van der Waals surface area contributed by atoms with Crippen LogP contribution in [0.3, 0.4) is 0 Å². The molecule has 122 valence electrons. The van der Waals surface area contributed by atoms with Crippen LogP contribution in [0.4, 0.5) is 0 Å². The van der Waals surface area contributed by atoms with Gasteiger partial charge in [0, 0.05) is 16.1 Å². The van der Waals surface area contributed by atoms with Crippen LogP contribution in [0.25, 0.3) is 10.1 Å². The molecule has 0 saturated heterocycles. The summed E-state index contributed by atoms with van der Waals surface area (Å²) >= 11 is 1.82. The Labute approximate surface area is 137 Å². The zero-order chi connectivity index (χ0) is 15.8. The number of fused-ring (bicyclic) bond motifs is 1. The molecule has 1 heterocycles. The van der Waals surface area contributed by atoms with Crippen LogP contribution in [-0.4, -0.2) is 44.2 Å². The number of ether oxygens (including phenoxy) is 1. The minimum Gasteiger partial charge on any atom is -0.492 e. The number of benzene rings is 1. The molecular formula is C17H27N3OS. The van der Waals surface area contributed by atoms with E-state index >= 15 is 0 Å². The summed E-state index contributed by atoms with van der Waals surface area (Å²) in [6.07, 6.45) is 2.04. The Balaban J connectivity index is 1.83. The van der Waals surface area contributed by atoms with E-state index in [1.807, 2.05) is 11.3 Å². The predicted molar refractivity (Wildman–Crippen MR) is 95.8 cm³/mol. The summed E-state index contributed by atoms with van der Waals surface area (Å²) < 4.78 is 7.23. The van der Waals surface area contributed by atoms with Crippen LogP contribution in [0.2, 0.25) is 0 Å². The quantitative estimate of drug-likeness (QED) is 0.706. The summed E-state index contributed by atoms with van der Waals surface area (Å²) in [6, 6.07) is 8.54. The smallest absolute Gasteiger partial charge is 0.120 e. The molecule has 0 unspecified atom stereocenters. The number of nitrogens with two attached hydrogens (primary N) is 2. The van der Waals surface area contributed by atoms with Crippen molar-refractivity contribution in [2.45, 2.75) is 19.8 Å². The van der Waals surface area contributed by atoms with Crippen LogP contribution >= 0.6 is 11.3 Å². The predicted octanol–water partition coefficient (Wildman–Crippen LogP) is 2.59. The minimum absolute atomic E-state index is 0.698. The SMILES string of the molecule is Cc1cc2cc(OCCN(CCCN)CCCN)ccc2s1. The van der Waals surface area contributed by atoms with Crippen molar-refractivity contribution in [1.29, 1.82) is 0 Å². The molecule has 1 aromatic heterocycles. The second-order valence-corrected chi connectivity index (χ2v) is 6.82. The van der Waals surface area contributed by atoms with Crippen LogP contribution in [0.5, 0.6) is 5.75 Å². The van der Waals surface area contributed by atoms with Gasteiger partial charge in [0.2, 0.25) is 0 Å². The summed E-state index contributed by atoms with van der Waals surface area (Å²) in [5.74, 6) is 0.947.